The minimum atomic E-state index is -0.0733. The minimum absolute atomic E-state index is 0. The number of piperidine rings is 1. The van der Waals surface area contributed by atoms with Gasteiger partial charge in [0.2, 0.25) is 0 Å². The van der Waals surface area contributed by atoms with Crippen molar-refractivity contribution in [2.45, 2.75) is 40.2 Å². The molecule has 0 spiro atoms. The Labute approximate surface area is 204 Å². The fraction of sp³-hybridized carbons (Fsp3) is 0.652. The normalized spacial score (nSPS) is 14.9. The first-order valence-corrected chi connectivity index (χ1v) is 11.2. The number of para-hydroxylation sites is 1. The molecule has 1 saturated heterocycles. The number of likely N-dealkylation sites (N-methyl/N-ethyl adjacent to an activating group) is 1. The number of likely N-dealkylation sites (tertiary alicyclic amines) is 1. The molecule has 1 aliphatic rings. The number of ether oxygens (including phenoxy) is 2. The number of rotatable bonds is 10. The first kappa shape index (κ1) is 27.5. The Morgan fingerprint density at radius 3 is 2.48 bits per heavy atom. The molecule has 1 heterocycles. The molecule has 0 aromatic heterocycles. The van der Waals surface area contributed by atoms with Crippen LogP contribution in [0.25, 0.3) is 0 Å². The molecule has 0 saturated carbocycles. The third-order valence-electron chi connectivity index (χ3n) is 5.60. The maximum atomic E-state index is 12.0. The summed E-state index contributed by atoms with van der Waals surface area (Å²) >= 11 is 0. The van der Waals surface area contributed by atoms with Crippen LogP contribution in [0, 0.1) is 5.92 Å². The van der Waals surface area contributed by atoms with Gasteiger partial charge in [-0.2, -0.15) is 0 Å². The molecule has 0 radical (unpaired) electrons. The second kappa shape index (κ2) is 15.3. The van der Waals surface area contributed by atoms with Crippen LogP contribution < -0.4 is 10.1 Å². The topological polar surface area (TPSA) is 66.4 Å². The van der Waals surface area contributed by atoms with E-state index >= 15 is 0 Å². The van der Waals surface area contributed by atoms with Crippen LogP contribution in [-0.4, -0.2) is 74.7 Å². The van der Waals surface area contributed by atoms with Gasteiger partial charge in [-0.15, -0.1) is 24.0 Å². The smallest absolute Gasteiger partial charge is 0.309 e. The van der Waals surface area contributed by atoms with Gasteiger partial charge in [-0.3, -0.25) is 9.79 Å². The van der Waals surface area contributed by atoms with E-state index in [1.165, 1.54) is 0 Å². The van der Waals surface area contributed by atoms with Crippen molar-refractivity contribution in [3.63, 3.8) is 0 Å². The van der Waals surface area contributed by atoms with Gasteiger partial charge in [0.1, 0.15) is 12.4 Å². The fourth-order valence-corrected chi connectivity index (χ4v) is 3.71. The Morgan fingerprint density at radius 1 is 1.19 bits per heavy atom. The van der Waals surface area contributed by atoms with Gasteiger partial charge in [0.05, 0.1) is 12.5 Å². The molecule has 1 aromatic carbocycles. The monoisotopic (exact) mass is 546 g/mol. The van der Waals surface area contributed by atoms with Crippen molar-refractivity contribution >= 4 is 35.9 Å². The maximum Gasteiger partial charge on any atom is 0.309 e. The molecule has 0 aliphatic carbocycles. The molecule has 8 heteroatoms. The van der Waals surface area contributed by atoms with Crippen LogP contribution in [0.1, 0.15) is 39.2 Å². The number of nitrogens with one attached hydrogen (secondary N) is 1. The number of halogens is 1. The highest BCUT2D eigenvalue weighted by molar-refractivity contribution is 14.0. The summed E-state index contributed by atoms with van der Waals surface area (Å²) in [5, 5.41) is 3.46. The molecule has 1 aliphatic heterocycles. The van der Waals surface area contributed by atoms with Gasteiger partial charge >= 0.3 is 5.97 Å². The highest BCUT2D eigenvalue weighted by atomic mass is 127. The number of hydrogen-bond donors (Lipinski definition) is 1. The van der Waals surface area contributed by atoms with Crippen molar-refractivity contribution in [2.24, 2.45) is 10.9 Å². The summed E-state index contributed by atoms with van der Waals surface area (Å²) in [6.07, 6.45) is 1.59. The average molecular weight is 546 g/mol. The zero-order chi connectivity index (χ0) is 21.8. The van der Waals surface area contributed by atoms with E-state index < -0.39 is 0 Å². The van der Waals surface area contributed by atoms with Crippen LogP contribution in [0.3, 0.4) is 0 Å². The van der Waals surface area contributed by atoms with E-state index in [4.69, 9.17) is 9.47 Å². The fourth-order valence-electron chi connectivity index (χ4n) is 3.71. The molecule has 2 rings (SSSR count). The van der Waals surface area contributed by atoms with Crippen molar-refractivity contribution in [1.29, 1.82) is 0 Å². The molecule has 0 amide bonds. The van der Waals surface area contributed by atoms with E-state index in [0.29, 0.717) is 19.8 Å². The summed E-state index contributed by atoms with van der Waals surface area (Å²) in [4.78, 5) is 21.0. The highest BCUT2D eigenvalue weighted by Gasteiger charge is 2.27. The van der Waals surface area contributed by atoms with E-state index in [1.807, 2.05) is 25.1 Å². The Bertz CT molecular complexity index is 675. The first-order chi connectivity index (χ1) is 14.6. The zero-order valence-electron chi connectivity index (χ0n) is 19.4. The number of esters is 1. The predicted octanol–water partition coefficient (Wildman–Crippen LogP) is 3.38. The molecule has 176 valence electrons. The molecule has 1 fully saturated rings. The average Bonchev–Trinajstić information content (AvgIpc) is 2.78. The maximum absolute atomic E-state index is 12.0. The van der Waals surface area contributed by atoms with Crippen LogP contribution >= 0.6 is 24.0 Å². The molecule has 0 bridgehead atoms. The van der Waals surface area contributed by atoms with Crippen molar-refractivity contribution < 1.29 is 14.3 Å². The van der Waals surface area contributed by atoms with Crippen LogP contribution in [0.4, 0.5) is 0 Å². The SMILES string of the molecule is CCOC(=O)C1CCN(C(=NC)NCc2ccccc2OCCN(CC)CC)CC1.I. The number of nitrogens with zero attached hydrogens (tertiary/aromatic N) is 3. The molecular weight excluding hydrogens is 507 g/mol. The lowest BCUT2D eigenvalue weighted by Crippen LogP contribution is -2.46. The number of guanidine groups is 1. The summed E-state index contributed by atoms with van der Waals surface area (Å²) in [5.74, 6) is 1.69. The summed E-state index contributed by atoms with van der Waals surface area (Å²) in [7, 11) is 1.80. The Balaban J connectivity index is 0.00000480. The number of aliphatic imine (C=N–C) groups is 1. The number of carbonyl (C=O) groups excluding carboxylic acids is 1. The van der Waals surface area contributed by atoms with Gasteiger partial charge in [-0.1, -0.05) is 32.0 Å². The van der Waals surface area contributed by atoms with E-state index in [-0.39, 0.29) is 35.9 Å². The van der Waals surface area contributed by atoms with E-state index in [0.717, 1.165) is 62.8 Å². The second-order valence-electron chi connectivity index (χ2n) is 7.40. The molecule has 0 atom stereocenters. The van der Waals surface area contributed by atoms with Gasteiger partial charge in [0.25, 0.3) is 0 Å². The Kier molecular flexibility index (Phi) is 13.6. The molecular formula is C23H39IN4O3. The molecule has 1 N–H and O–H groups in total. The third kappa shape index (κ3) is 8.84. The van der Waals surface area contributed by atoms with Crippen LogP contribution in [0.15, 0.2) is 29.3 Å². The van der Waals surface area contributed by atoms with Gasteiger partial charge in [0, 0.05) is 38.8 Å². The van der Waals surface area contributed by atoms with Gasteiger partial charge in [-0.05, 0) is 38.9 Å². The van der Waals surface area contributed by atoms with E-state index in [1.54, 1.807) is 7.05 Å². The zero-order valence-corrected chi connectivity index (χ0v) is 21.8. The number of hydrogen-bond acceptors (Lipinski definition) is 5. The Hall–Kier alpha value is -1.55. The lowest BCUT2D eigenvalue weighted by molar-refractivity contribution is -0.149. The predicted molar refractivity (Wildman–Crippen MR) is 136 cm³/mol. The van der Waals surface area contributed by atoms with Crippen LogP contribution in [0.2, 0.25) is 0 Å². The van der Waals surface area contributed by atoms with Crippen molar-refractivity contribution in [2.75, 3.05) is 53.0 Å². The number of carbonyl (C=O) groups is 1. The summed E-state index contributed by atoms with van der Waals surface area (Å²) < 4.78 is 11.2. The first-order valence-electron chi connectivity index (χ1n) is 11.2. The van der Waals surface area contributed by atoms with Gasteiger partial charge in [0.15, 0.2) is 5.96 Å². The van der Waals surface area contributed by atoms with Crippen molar-refractivity contribution in [3.05, 3.63) is 29.8 Å². The van der Waals surface area contributed by atoms with Crippen LogP contribution in [0.5, 0.6) is 5.75 Å². The second-order valence-corrected chi connectivity index (χ2v) is 7.40. The molecule has 7 nitrogen and oxygen atoms in total. The molecule has 31 heavy (non-hydrogen) atoms. The lowest BCUT2D eigenvalue weighted by Gasteiger charge is -2.33. The number of benzene rings is 1. The quantitative estimate of drug-likeness (QED) is 0.210. The van der Waals surface area contributed by atoms with Gasteiger partial charge < -0.3 is 24.6 Å². The highest BCUT2D eigenvalue weighted by Crippen LogP contribution is 2.20. The minimum Gasteiger partial charge on any atom is -0.492 e. The largest absolute Gasteiger partial charge is 0.492 e. The summed E-state index contributed by atoms with van der Waals surface area (Å²) in [6, 6.07) is 8.14. The lowest BCUT2D eigenvalue weighted by atomic mass is 9.97. The molecule has 1 aromatic rings. The van der Waals surface area contributed by atoms with Crippen molar-refractivity contribution in [3.8, 4) is 5.75 Å². The van der Waals surface area contributed by atoms with E-state index in [2.05, 4.69) is 40.0 Å². The molecule has 0 unspecified atom stereocenters. The van der Waals surface area contributed by atoms with Gasteiger partial charge in [-0.25, -0.2) is 0 Å². The summed E-state index contributed by atoms with van der Waals surface area (Å²) in [5.41, 5.74) is 1.11. The third-order valence-corrected chi connectivity index (χ3v) is 5.60. The van der Waals surface area contributed by atoms with E-state index in [9.17, 15) is 4.79 Å². The Morgan fingerprint density at radius 2 is 1.87 bits per heavy atom. The van der Waals surface area contributed by atoms with Crippen LogP contribution in [-0.2, 0) is 16.1 Å². The van der Waals surface area contributed by atoms with Crippen molar-refractivity contribution in [1.82, 2.24) is 15.1 Å². The summed E-state index contributed by atoms with van der Waals surface area (Å²) in [6.45, 7) is 12.5. The standard InChI is InChI=1S/C23H38N4O3.HI/c1-5-26(6-2)16-17-30-21-11-9-8-10-20(21)18-25-23(24-4)27-14-12-19(13-15-27)22(28)29-7-3;/h8-11,19H,5-7,12-18H2,1-4H3,(H,24,25);1H.